The number of benzene rings is 1. The summed E-state index contributed by atoms with van der Waals surface area (Å²) >= 11 is 6.76. The second-order valence-electron chi connectivity index (χ2n) is 11.5. The number of carbonyl (C=O) groups excluding carboxylic acids is 1. The third-order valence-electron chi connectivity index (χ3n) is 8.50. The molecule has 7 nitrogen and oxygen atoms in total. The van der Waals surface area contributed by atoms with Crippen molar-refractivity contribution in [3.63, 3.8) is 0 Å². The number of nitrogens with zero attached hydrogens (tertiary/aromatic N) is 3. The molecule has 0 spiro atoms. The molecule has 9 heteroatoms. The van der Waals surface area contributed by atoms with Gasteiger partial charge in [0.05, 0.1) is 23.4 Å². The Hall–Kier alpha value is -2.81. The zero-order chi connectivity index (χ0) is 28.5. The van der Waals surface area contributed by atoms with E-state index in [-0.39, 0.29) is 24.6 Å². The Balaban J connectivity index is 1.30. The van der Waals surface area contributed by atoms with Gasteiger partial charge in [0, 0.05) is 18.6 Å². The first-order valence-electron chi connectivity index (χ1n) is 14.8. The van der Waals surface area contributed by atoms with Crippen LogP contribution in [0.2, 0.25) is 5.02 Å². The molecule has 1 aliphatic carbocycles. The van der Waals surface area contributed by atoms with E-state index < -0.39 is 18.4 Å². The van der Waals surface area contributed by atoms with Gasteiger partial charge in [0.2, 0.25) is 0 Å². The standard InChI is InChI=1S/C32H37ClFN3O4/c1-3-26-29(34)27(18-40-26)41-32-35-25-17-24(33)30(36-31(25)37(32)28-6-4-5-15-39-28)23-13-11-22(12-14-23)21-9-7-20(8-10-21)16-19(2)38/h9,11-14,17,20,26-29H,3-8,10,15-16,18H2,1-2H3/t20?,26-,27-,28?,29-/m1/s1. The molecule has 218 valence electrons. The summed E-state index contributed by atoms with van der Waals surface area (Å²) < 4.78 is 34.7. The molecule has 0 N–H and O–H groups in total. The van der Waals surface area contributed by atoms with Gasteiger partial charge in [-0.1, -0.05) is 48.9 Å². The second-order valence-corrected chi connectivity index (χ2v) is 11.9. The quantitative estimate of drug-likeness (QED) is 0.274. The molecule has 1 aromatic carbocycles. The van der Waals surface area contributed by atoms with Gasteiger partial charge >= 0.3 is 6.01 Å². The Morgan fingerprint density at radius 2 is 1.95 bits per heavy atom. The number of imidazole rings is 1. The summed E-state index contributed by atoms with van der Waals surface area (Å²) in [5.74, 6) is 0.707. The molecule has 2 aliphatic heterocycles. The van der Waals surface area contributed by atoms with Crippen LogP contribution in [0, 0.1) is 5.92 Å². The number of halogens is 2. The van der Waals surface area contributed by atoms with Crippen molar-refractivity contribution in [1.82, 2.24) is 14.5 Å². The summed E-state index contributed by atoms with van der Waals surface area (Å²) in [6.07, 6.45) is 6.49. The number of alkyl halides is 1. The molecule has 0 amide bonds. The van der Waals surface area contributed by atoms with Crippen LogP contribution in [0.1, 0.15) is 77.0 Å². The summed E-state index contributed by atoms with van der Waals surface area (Å²) in [5.41, 5.74) is 5.20. The molecule has 0 saturated carbocycles. The van der Waals surface area contributed by atoms with Crippen LogP contribution in [0.5, 0.6) is 6.01 Å². The summed E-state index contributed by atoms with van der Waals surface area (Å²) in [7, 11) is 0. The van der Waals surface area contributed by atoms with Crippen LogP contribution >= 0.6 is 11.6 Å². The van der Waals surface area contributed by atoms with E-state index in [1.807, 2.05) is 23.6 Å². The lowest BCUT2D eigenvalue weighted by atomic mass is 9.84. The number of allylic oxidation sites excluding steroid dienone is 2. The third kappa shape index (κ3) is 5.92. The first-order chi connectivity index (χ1) is 19.9. The lowest BCUT2D eigenvalue weighted by Gasteiger charge is -2.26. The van der Waals surface area contributed by atoms with Gasteiger partial charge in [-0.15, -0.1) is 0 Å². The van der Waals surface area contributed by atoms with Gasteiger partial charge in [-0.25, -0.2) is 9.37 Å². The summed E-state index contributed by atoms with van der Waals surface area (Å²) in [4.78, 5) is 21.2. The molecule has 4 heterocycles. The predicted octanol–water partition coefficient (Wildman–Crippen LogP) is 7.51. The zero-order valence-electron chi connectivity index (χ0n) is 23.7. The Kier molecular flexibility index (Phi) is 8.42. The van der Waals surface area contributed by atoms with Crippen molar-refractivity contribution < 1.29 is 23.4 Å². The van der Waals surface area contributed by atoms with Gasteiger partial charge in [0.25, 0.3) is 0 Å². The summed E-state index contributed by atoms with van der Waals surface area (Å²) in [6, 6.07) is 10.4. The zero-order valence-corrected chi connectivity index (χ0v) is 24.4. The highest BCUT2D eigenvalue weighted by molar-refractivity contribution is 6.33. The highest BCUT2D eigenvalue weighted by atomic mass is 35.5. The maximum absolute atomic E-state index is 15.0. The van der Waals surface area contributed by atoms with Crippen molar-refractivity contribution in [3.05, 3.63) is 47.0 Å². The van der Waals surface area contributed by atoms with Crippen LogP contribution in [0.4, 0.5) is 4.39 Å². The van der Waals surface area contributed by atoms with Crippen LogP contribution in [0.15, 0.2) is 36.4 Å². The average Bonchev–Trinajstić information content (AvgIpc) is 3.51. The van der Waals surface area contributed by atoms with E-state index in [0.717, 1.165) is 44.1 Å². The van der Waals surface area contributed by atoms with Gasteiger partial charge in [-0.2, -0.15) is 4.98 Å². The molecular formula is C32H37ClFN3O4. The van der Waals surface area contributed by atoms with E-state index >= 15 is 0 Å². The molecule has 2 unspecified atom stereocenters. The van der Waals surface area contributed by atoms with Crippen LogP contribution < -0.4 is 4.74 Å². The normalized spacial score (nSPS) is 26.7. The van der Waals surface area contributed by atoms with E-state index in [0.29, 0.717) is 47.2 Å². The maximum Gasteiger partial charge on any atom is 0.301 e. The van der Waals surface area contributed by atoms with E-state index in [2.05, 4.69) is 18.2 Å². The third-order valence-corrected chi connectivity index (χ3v) is 8.79. The molecule has 3 aromatic rings. The molecule has 6 rings (SSSR count). The molecule has 3 aliphatic rings. The smallest absolute Gasteiger partial charge is 0.301 e. The van der Waals surface area contributed by atoms with E-state index in [9.17, 15) is 9.18 Å². The maximum atomic E-state index is 15.0. The minimum atomic E-state index is -1.23. The van der Waals surface area contributed by atoms with Crippen molar-refractivity contribution in [2.75, 3.05) is 13.2 Å². The number of ketones is 1. The minimum Gasteiger partial charge on any atom is -0.456 e. The molecule has 2 aromatic heterocycles. The number of carbonyl (C=O) groups is 1. The SMILES string of the molecule is CC[C@H]1OC[C@@H](Oc2nc3cc(Cl)c(-c4ccc(C5=CCC(CC(C)=O)CC5)cc4)nc3n2C2CCCCO2)[C@@H]1F. The Morgan fingerprint density at radius 3 is 2.61 bits per heavy atom. The highest BCUT2D eigenvalue weighted by Gasteiger charge is 2.39. The fourth-order valence-corrected chi connectivity index (χ4v) is 6.51. The lowest BCUT2D eigenvalue weighted by Crippen LogP contribution is -2.32. The molecule has 2 saturated heterocycles. The number of rotatable bonds is 8. The monoisotopic (exact) mass is 581 g/mol. The van der Waals surface area contributed by atoms with Crippen LogP contribution in [0.25, 0.3) is 28.0 Å². The van der Waals surface area contributed by atoms with Crippen LogP contribution in [-0.2, 0) is 14.3 Å². The fourth-order valence-electron chi connectivity index (χ4n) is 6.25. The summed E-state index contributed by atoms with van der Waals surface area (Å²) in [6.45, 7) is 4.38. The Labute approximate surface area is 245 Å². The molecule has 0 radical (unpaired) electrons. The Bertz CT molecular complexity index is 1430. The first-order valence-corrected chi connectivity index (χ1v) is 15.2. The average molecular weight is 582 g/mol. The highest BCUT2D eigenvalue weighted by Crippen LogP contribution is 2.38. The number of fused-ring (bicyclic) bond motifs is 1. The van der Waals surface area contributed by atoms with Gasteiger partial charge in [-0.3, -0.25) is 4.57 Å². The van der Waals surface area contributed by atoms with Gasteiger partial charge in [0.15, 0.2) is 17.9 Å². The number of hydrogen-bond acceptors (Lipinski definition) is 6. The molecule has 0 bridgehead atoms. The molecule has 41 heavy (non-hydrogen) atoms. The largest absolute Gasteiger partial charge is 0.456 e. The summed E-state index contributed by atoms with van der Waals surface area (Å²) in [5, 5.41) is 0.480. The van der Waals surface area contributed by atoms with Gasteiger partial charge in [-0.05, 0) is 75.0 Å². The van der Waals surface area contributed by atoms with Crippen molar-refractivity contribution >= 4 is 34.1 Å². The van der Waals surface area contributed by atoms with Crippen molar-refractivity contribution in [2.24, 2.45) is 5.92 Å². The number of Topliss-reactive ketones (excluding diaryl/α,β-unsaturated/α-hetero) is 1. The molecule has 5 atom stereocenters. The minimum absolute atomic E-state index is 0.175. The van der Waals surface area contributed by atoms with Gasteiger partial charge in [0.1, 0.15) is 17.5 Å². The lowest BCUT2D eigenvalue weighted by molar-refractivity contribution is -0.117. The van der Waals surface area contributed by atoms with Gasteiger partial charge < -0.3 is 19.0 Å². The number of ether oxygens (including phenoxy) is 3. The van der Waals surface area contributed by atoms with E-state index in [1.54, 1.807) is 13.0 Å². The van der Waals surface area contributed by atoms with Crippen LogP contribution in [-0.4, -0.2) is 51.9 Å². The molecule has 2 fully saturated rings. The number of aromatic nitrogens is 3. The van der Waals surface area contributed by atoms with E-state index in [1.165, 1.54) is 11.1 Å². The molecular weight excluding hydrogens is 545 g/mol. The fraction of sp³-hybridized carbons (Fsp3) is 0.531. The predicted molar refractivity (Wildman–Crippen MR) is 157 cm³/mol. The number of pyridine rings is 1. The van der Waals surface area contributed by atoms with Crippen LogP contribution in [0.3, 0.4) is 0 Å². The second kappa shape index (κ2) is 12.2. The number of hydrogen-bond donors (Lipinski definition) is 0. The van der Waals surface area contributed by atoms with Crippen molar-refractivity contribution in [3.8, 4) is 17.3 Å². The van der Waals surface area contributed by atoms with Crippen molar-refractivity contribution in [2.45, 2.75) is 89.8 Å². The van der Waals surface area contributed by atoms with E-state index in [4.69, 9.17) is 35.8 Å². The Morgan fingerprint density at radius 1 is 1.15 bits per heavy atom. The topological polar surface area (TPSA) is 75.5 Å². The van der Waals surface area contributed by atoms with Crippen molar-refractivity contribution in [1.29, 1.82) is 0 Å². The first kappa shape index (κ1) is 28.3.